The van der Waals surface area contributed by atoms with Crippen LogP contribution >= 0.6 is 23.4 Å². The highest BCUT2D eigenvalue weighted by Gasteiger charge is 2.36. The Morgan fingerprint density at radius 1 is 1.12 bits per heavy atom. The zero-order valence-electron chi connectivity index (χ0n) is 12.8. The van der Waals surface area contributed by atoms with E-state index in [1.807, 2.05) is 0 Å². The molecule has 1 aliphatic rings. The van der Waals surface area contributed by atoms with Gasteiger partial charge in [-0.15, -0.1) is 11.8 Å². The molecule has 1 aliphatic heterocycles. The Balaban J connectivity index is 2.12. The van der Waals surface area contributed by atoms with Crippen LogP contribution in [0.3, 0.4) is 0 Å². The van der Waals surface area contributed by atoms with Gasteiger partial charge in [0.2, 0.25) is 0 Å². The van der Waals surface area contributed by atoms with Gasteiger partial charge < -0.3 is 0 Å². The lowest BCUT2D eigenvalue weighted by Crippen LogP contribution is -2.32. The number of sulfonamides is 1. The Hall–Kier alpha value is -1.38. The largest absolute Gasteiger partial charge is 0.417 e. The van der Waals surface area contributed by atoms with Crippen LogP contribution in [0.4, 0.5) is 18.9 Å². The molecular formula is C16H13ClF3NO2S2. The third-order valence-electron chi connectivity index (χ3n) is 3.73. The number of alkyl halides is 3. The van der Waals surface area contributed by atoms with E-state index in [1.54, 1.807) is 24.3 Å². The molecular weight excluding hydrogens is 395 g/mol. The van der Waals surface area contributed by atoms with Gasteiger partial charge in [0.25, 0.3) is 10.0 Å². The summed E-state index contributed by atoms with van der Waals surface area (Å²) in [6.45, 7) is 0.205. The van der Waals surface area contributed by atoms with Crippen LogP contribution < -0.4 is 4.31 Å². The number of rotatable bonds is 2. The molecule has 3 rings (SSSR count). The second-order valence-electron chi connectivity index (χ2n) is 5.39. The molecule has 0 fully saturated rings. The molecule has 0 saturated heterocycles. The number of anilines is 1. The van der Waals surface area contributed by atoms with Crippen LogP contribution in [0.5, 0.6) is 0 Å². The van der Waals surface area contributed by atoms with Crippen LogP contribution in [0.2, 0.25) is 5.02 Å². The van der Waals surface area contributed by atoms with Crippen LogP contribution in [0.1, 0.15) is 12.0 Å². The highest BCUT2D eigenvalue weighted by atomic mass is 35.5. The predicted molar refractivity (Wildman–Crippen MR) is 92.8 cm³/mol. The summed E-state index contributed by atoms with van der Waals surface area (Å²) in [5, 5.41) is -0.529. The fourth-order valence-corrected chi connectivity index (χ4v) is 5.38. The molecule has 0 N–H and O–H groups in total. The smallest absolute Gasteiger partial charge is 0.265 e. The van der Waals surface area contributed by atoms with Crippen molar-refractivity contribution in [1.29, 1.82) is 0 Å². The van der Waals surface area contributed by atoms with Gasteiger partial charge in [0.15, 0.2) is 0 Å². The van der Waals surface area contributed by atoms with E-state index in [-0.39, 0.29) is 6.54 Å². The Labute approximate surface area is 152 Å². The normalized spacial score (nSPS) is 15.6. The van der Waals surface area contributed by atoms with Crippen molar-refractivity contribution < 1.29 is 21.6 Å². The van der Waals surface area contributed by atoms with E-state index in [2.05, 4.69) is 0 Å². The number of hydrogen-bond donors (Lipinski definition) is 0. The first-order valence-corrected chi connectivity index (χ1v) is 10.1. The monoisotopic (exact) mass is 407 g/mol. The topological polar surface area (TPSA) is 37.4 Å². The van der Waals surface area contributed by atoms with Gasteiger partial charge in [0.05, 0.1) is 21.2 Å². The zero-order valence-corrected chi connectivity index (χ0v) is 15.1. The summed E-state index contributed by atoms with van der Waals surface area (Å²) in [6, 6.07) is 9.63. The van der Waals surface area contributed by atoms with E-state index >= 15 is 0 Å². The molecule has 1 heterocycles. The maximum atomic E-state index is 13.1. The van der Waals surface area contributed by atoms with Crippen molar-refractivity contribution in [2.75, 3.05) is 16.6 Å². The van der Waals surface area contributed by atoms with Crippen molar-refractivity contribution in [2.45, 2.75) is 22.4 Å². The molecule has 2 aromatic rings. The molecule has 3 nitrogen and oxygen atoms in total. The van der Waals surface area contributed by atoms with Gasteiger partial charge in [-0.2, -0.15) is 13.2 Å². The number of para-hydroxylation sites is 1. The van der Waals surface area contributed by atoms with Gasteiger partial charge in [0.1, 0.15) is 0 Å². The molecule has 0 unspecified atom stereocenters. The summed E-state index contributed by atoms with van der Waals surface area (Å²) in [5.74, 6) is 0.734. The van der Waals surface area contributed by atoms with Crippen LogP contribution in [0.25, 0.3) is 0 Å². The fourth-order valence-electron chi connectivity index (χ4n) is 2.55. The third kappa shape index (κ3) is 3.61. The minimum atomic E-state index is -4.73. The molecule has 134 valence electrons. The van der Waals surface area contributed by atoms with Crippen molar-refractivity contribution in [1.82, 2.24) is 0 Å². The second kappa shape index (κ2) is 6.74. The molecule has 9 heteroatoms. The van der Waals surface area contributed by atoms with E-state index in [9.17, 15) is 21.6 Å². The van der Waals surface area contributed by atoms with Gasteiger partial charge in [-0.25, -0.2) is 8.42 Å². The lowest BCUT2D eigenvalue weighted by Gasteiger charge is -2.24. The molecule has 0 atom stereocenters. The van der Waals surface area contributed by atoms with Crippen LogP contribution in [-0.2, 0) is 16.2 Å². The molecule has 0 bridgehead atoms. The number of thioether (sulfide) groups is 1. The van der Waals surface area contributed by atoms with Crippen LogP contribution in [0.15, 0.2) is 52.3 Å². The van der Waals surface area contributed by atoms with Crippen LogP contribution in [0, 0.1) is 0 Å². The molecule has 0 aromatic heterocycles. The van der Waals surface area contributed by atoms with Crippen LogP contribution in [-0.4, -0.2) is 20.7 Å². The number of benzene rings is 2. The Bertz CT molecular complexity index is 900. The predicted octanol–water partition coefficient (Wildman–Crippen LogP) is 5.05. The Morgan fingerprint density at radius 2 is 1.84 bits per heavy atom. The van der Waals surface area contributed by atoms with E-state index in [0.29, 0.717) is 18.2 Å². The zero-order chi connectivity index (χ0) is 18.2. The van der Waals surface area contributed by atoms with Gasteiger partial charge in [0, 0.05) is 11.4 Å². The van der Waals surface area contributed by atoms with Gasteiger partial charge in [-0.3, -0.25) is 4.31 Å². The minimum absolute atomic E-state index is 0.205. The average Bonchev–Trinajstić information content (AvgIpc) is 2.76. The molecule has 0 saturated carbocycles. The highest BCUT2D eigenvalue weighted by molar-refractivity contribution is 7.99. The van der Waals surface area contributed by atoms with Crippen molar-refractivity contribution >= 4 is 39.1 Å². The maximum Gasteiger partial charge on any atom is 0.417 e. The lowest BCUT2D eigenvalue weighted by atomic mass is 10.2. The second-order valence-corrected chi connectivity index (χ2v) is 8.79. The molecule has 0 aliphatic carbocycles. The van der Waals surface area contributed by atoms with E-state index in [0.717, 1.165) is 22.8 Å². The van der Waals surface area contributed by atoms with E-state index < -0.39 is 31.7 Å². The summed E-state index contributed by atoms with van der Waals surface area (Å²) in [6.07, 6.45) is -4.13. The SMILES string of the molecule is O=S(=O)(c1ccc(Cl)c(C(F)(F)F)c1)N1CCCSc2ccccc21. The minimum Gasteiger partial charge on any atom is -0.265 e. The van der Waals surface area contributed by atoms with E-state index in [4.69, 9.17) is 11.6 Å². The molecule has 2 aromatic carbocycles. The Morgan fingerprint density at radius 3 is 2.56 bits per heavy atom. The summed E-state index contributed by atoms with van der Waals surface area (Å²) >= 11 is 7.12. The quantitative estimate of drug-likeness (QED) is 0.699. The average molecular weight is 408 g/mol. The number of hydrogen-bond acceptors (Lipinski definition) is 3. The van der Waals surface area contributed by atoms with Crippen molar-refractivity contribution in [2.24, 2.45) is 0 Å². The molecule has 0 amide bonds. The summed E-state index contributed by atoms with van der Waals surface area (Å²) in [7, 11) is -4.14. The first-order chi connectivity index (χ1) is 11.7. The van der Waals surface area contributed by atoms with Gasteiger partial charge in [-0.1, -0.05) is 23.7 Å². The summed E-state index contributed by atoms with van der Waals surface area (Å²) < 4.78 is 66.4. The maximum absolute atomic E-state index is 13.1. The van der Waals surface area contributed by atoms with Crippen molar-refractivity contribution in [3.8, 4) is 0 Å². The lowest BCUT2D eigenvalue weighted by molar-refractivity contribution is -0.137. The van der Waals surface area contributed by atoms with Crippen molar-refractivity contribution in [3.05, 3.63) is 53.1 Å². The molecule has 25 heavy (non-hydrogen) atoms. The molecule has 0 spiro atoms. The third-order valence-corrected chi connectivity index (χ3v) is 7.02. The number of halogens is 4. The summed E-state index contributed by atoms with van der Waals surface area (Å²) in [4.78, 5) is 0.361. The fraction of sp³-hybridized carbons (Fsp3) is 0.250. The number of nitrogens with zero attached hydrogens (tertiary/aromatic N) is 1. The Kier molecular flexibility index (Phi) is 4.96. The van der Waals surface area contributed by atoms with E-state index in [1.165, 1.54) is 16.1 Å². The first kappa shape index (κ1) is 18.4. The van der Waals surface area contributed by atoms with Gasteiger partial charge >= 0.3 is 6.18 Å². The van der Waals surface area contributed by atoms with Gasteiger partial charge in [-0.05, 0) is 42.5 Å². The molecule has 0 radical (unpaired) electrons. The number of fused-ring (bicyclic) bond motifs is 1. The first-order valence-electron chi connectivity index (χ1n) is 7.32. The summed E-state index contributed by atoms with van der Waals surface area (Å²) in [5.41, 5.74) is -0.679. The van der Waals surface area contributed by atoms with Crippen molar-refractivity contribution in [3.63, 3.8) is 0 Å². The standard InChI is InChI=1S/C16H13ClF3NO2S2/c17-13-7-6-11(10-12(13)16(18,19)20)25(22,23)21-8-3-9-24-15-5-2-1-4-14(15)21/h1-2,4-7,10H,3,8-9H2. The highest BCUT2D eigenvalue weighted by Crippen LogP contribution is 2.39.